The lowest BCUT2D eigenvalue weighted by atomic mass is 10.1. The van der Waals surface area contributed by atoms with Gasteiger partial charge in [-0.25, -0.2) is 0 Å². The number of rotatable bonds is 4. The van der Waals surface area contributed by atoms with E-state index >= 15 is 0 Å². The van der Waals surface area contributed by atoms with Crippen LogP contribution in [0, 0.1) is 6.92 Å². The number of carbonyl (C=O) groups is 1. The standard InChI is InChI=1S/C16H17NO2/c1-12-2-4-13(5-3-12)10-17-16(19)15-8-6-14(11-18)7-9-15/h2-9,18H,10-11H2,1H3,(H,17,19). The highest BCUT2D eigenvalue weighted by Crippen LogP contribution is 2.06. The zero-order valence-electron chi connectivity index (χ0n) is 10.9. The molecule has 0 radical (unpaired) electrons. The first-order valence-corrected chi connectivity index (χ1v) is 6.22. The van der Waals surface area contributed by atoms with Crippen LogP contribution in [0.25, 0.3) is 0 Å². The molecule has 98 valence electrons. The summed E-state index contributed by atoms with van der Waals surface area (Å²) in [7, 11) is 0. The fourth-order valence-corrected chi connectivity index (χ4v) is 1.75. The van der Waals surface area contributed by atoms with Crippen LogP contribution in [0.2, 0.25) is 0 Å². The summed E-state index contributed by atoms with van der Waals surface area (Å²) in [4.78, 5) is 11.9. The predicted molar refractivity (Wildman–Crippen MR) is 74.7 cm³/mol. The van der Waals surface area contributed by atoms with E-state index in [-0.39, 0.29) is 12.5 Å². The van der Waals surface area contributed by atoms with Gasteiger partial charge in [0.1, 0.15) is 0 Å². The maximum atomic E-state index is 11.9. The van der Waals surface area contributed by atoms with Crippen molar-refractivity contribution in [3.8, 4) is 0 Å². The van der Waals surface area contributed by atoms with Gasteiger partial charge in [-0.05, 0) is 30.2 Å². The molecule has 0 aliphatic heterocycles. The van der Waals surface area contributed by atoms with Crippen LogP contribution in [-0.4, -0.2) is 11.0 Å². The molecule has 0 bridgehead atoms. The van der Waals surface area contributed by atoms with Gasteiger partial charge in [0.05, 0.1) is 6.61 Å². The van der Waals surface area contributed by atoms with Crippen molar-refractivity contribution in [1.29, 1.82) is 0 Å². The van der Waals surface area contributed by atoms with Crippen LogP contribution in [0.1, 0.15) is 27.0 Å². The smallest absolute Gasteiger partial charge is 0.251 e. The zero-order chi connectivity index (χ0) is 13.7. The lowest BCUT2D eigenvalue weighted by Crippen LogP contribution is -2.22. The molecule has 0 spiro atoms. The van der Waals surface area contributed by atoms with E-state index in [2.05, 4.69) is 5.32 Å². The van der Waals surface area contributed by atoms with Crippen LogP contribution in [0.3, 0.4) is 0 Å². The number of amides is 1. The Morgan fingerprint density at radius 1 is 1.00 bits per heavy atom. The molecule has 2 aromatic rings. The molecule has 0 atom stereocenters. The molecule has 2 rings (SSSR count). The number of aliphatic hydroxyl groups is 1. The second-order valence-corrected chi connectivity index (χ2v) is 4.52. The van der Waals surface area contributed by atoms with E-state index in [0.29, 0.717) is 12.1 Å². The molecule has 0 aliphatic rings. The van der Waals surface area contributed by atoms with Gasteiger partial charge in [0.15, 0.2) is 0 Å². The van der Waals surface area contributed by atoms with Crippen molar-refractivity contribution in [2.75, 3.05) is 0 Å². The second kappa shape index (κ2) is 6.16. The van der Waals surface area contributed by atoms with Gasteiger partial charge in [0.25, 0.3) is 5.91 Å². The summed E-state index contributed by atoms with van der Waals surface area (Å²) in [5.41, 5.74) is 3.68. The zero-order valence-corrected chi connectivity index (χ0v) is 10.9. The van der Waals surface area contributed by atoms with E-state index in [1.54, 1.807) is 24.3 Å². The number of carbonyl (C=O) groups excluding carboxylic acids is 1. The third kappa shape index (κ3) is 3.66. The molecule has 0 aromatic heterocycles. The van der Waals surface area contributed by atoms with Crippen LogP contribution in [-0.2, 0) is 13.2 Å². The fraction of sp³-hybridized carbons (Fsp3) is 0.188. The molecule has 2 aromatic carbocycles. The molecule has 19 heavy (non-hydrogen) atoms. The average Bonchev–Trinajstić information content (AvgIpc) is 2.46. The summed E-state index contributed by atoms with van der Waals surface area (Å²) in [5, 5.41) is 11.8. The van der Waals surface area contributed by atoms with E-state index in [4.69, 9.17) is 5.11 Å². The highest BCUT2D eigenvalue weighted by Gasteiger charge is 2.04. The van der Waals surface area contributed by atoms with Crippen LogP contribution < -0.4 is 5.32 Å². The molecule has 0 heterocycles. The minimum absolute atomic E-state index is 0.00867. The van der Waals surface area contributed by atoms with Gasteiger partial charge >= 0.3 is 0 Å². The number of hydrogen-bond donors (Lipinski definition) is 2. The molecule has 3 nitrogen and oxygen atoms in total. The van der Waals surface area contributed by atoms with Gasteiger partial charge in [0.2, 0.25) is 0 Å². The largest absolute Gasteiger partial charge is 0.392 e. The first-order valence-electron chi connectivity index (χ1n) is 6.22. The van der Waals surface area contributed by atoms with Crippen LogP contribution in [0.15, 0.2) is 48.5 Å². The highest BCUT2D eigenvalue weighted by molar-refractivity contribution is 5.94. The van der Waals surface area contributed by atoms with Gasteiger partial charge < -0.3 is 10.4 Å². The van der Waals surface area contributed by atoms with Crippen molar-refractivity contribution >= 4 is 5.91 Å². The summed E-state index contributed by atoms with van der Waals surface area (Å²) < 4.78 is 0. The summed E-state index contributed by atoms with van der Waals surface area (Å²) in [6.07, 6.45) is 0. The van der Waals surface area contributed by atoms with E-state index in [1.807, 2.05) is 31.2 Å². The van der Waals surface area contributed by atoms with Crippen molar-refractivity contribution in [1.82, 2.24) is 5.32 Å². The number of aryl methyl sites for hydroxylation is 1. The van der Waals surface area contributed by atoms with E-state index in [9.17, 15) is 4.79 Å². The maximum Gasteiger partial charge on any atom is 0.251 e. The summed E-state index contributed by atoms with van der Waals surface area (Å²) in [5.74, 6) is -0.106. The van der Waals surface area contributed by atoms with Crippen molar-refractivity contribution in [2.45, 2.75) is 20.1 Å². The maximum absolute atomic E-state index is 11.9. The first-order chi connectivity index (χ1) is 9.19. The lowest BCUT2D eigenvalue weighted by molar-refractivity contribution is 0.0951. The molecule has 1 amide bonds. The van der Waals surface area contributed by atoms with Crippen molar-refractivity contribution in [3.05, 3.63) is 70.8 Å². The lowest BCUT2D eigenvalue weighted by Gasteiger charge is -2.06. The van der Waals surface area contributed by atoms with Gasteiger partial charge in [-0.1, -0.05) is 42.0 Å². The second-order valence-electron chi connectivity index (χ2n) is 4.52. The Balaban J connectivity index is 1.95. The van der Waals surface area contributed by atoms with Gasteiger partial charge in [-0.3, -0.25) is 4.79 Å². The normalized spacial score (nSPS) is 10.2. The molecule has 0 aliphatic carbocycles. The van der Waals surface area contributed by atoms with Crippen LogP contribution in [0.4, 0.5) is 0 Å². The minimum atomic E-state index is -0.106. The van der Waals surface area contributed by atoms with Crippen LogP contribution in [0.5, 0.6) is 0 Å². The molecular formula is C16H17NO2. The topological polar surface area (TPSA) is 49.3 Å². The summed E-state index contributed by atoms with van der Waals surface area (Å²) in [6.45, 7) is 2.54. The third-order valence-corrected chi connectivity index (χ3v) is 2.97. The molecule has 0 unspecified atom stereocenters. The third-order valence-electron chi connectivity index (χ3n) is 2.97. The Morgan fingerprint density at radius 2 is 1.58 bits per heavy atom. The summed E-state index contributed by atoms with van der Waals surface area (Å²) >= 11 is 0. The number of aliphatic hydroxyl groups excluding tert-OH is 1. The minimum Gasteiger partial charge on any atom is -0.392 e. The SMILES string of the molecule is Cc1ccc(CNC(=O)c2ccc(CO)cc2)cc1. The molecule has 0 fully saturated rings. The first kappa shape index (κ1) is 13.3. The Kier molecular flexibility index (Phi) is 4.31. The predicted octanol–water partition coefficient (Wildman–Crippen LogP) is 2.42. The highest BCUT2D eigenvalue weighted by atomic mass is 16.3. The Hall–Kier alpha value is -2.13. The van der Waals surface area contributed by atoms with Gasteiger partial charge in [-0.2, -0.15) is 0 Å². The molecule has 0 saturated heterocycles. The van der Waals surface area contributed by atoms with Gasteiger partial charge in [0, 0.05) is 12.1 Å². The van der Waals surface area contributed by atoms with E-state index < -0.39 is 0 Å². The summed E-state index contributed by atoms with van der Waals surface area (Å²) in [6, 6.07) is 15.0. The average molecular weight is 255 g/mol. The number of hydrogen-bond acceptors (Lipinski definition) is 2. The molecular weight excluding hydrogens is 238 g/mol. The molecule has 2 N–H and O–H groups in total. The number of nitrogens with one attached hydrogen (secondary N) is 1. The Labute approximate surface area is 112 Å². The van der Waals surface area contributed by atoms with Crippen molar-refractivity contribution in [3.63, 3.8) is 0 Å². The van der Waals surface area contributed by atoms with Crippen molar-refractivity contribution < 1.29 is 9.90 Å². The molecule has 0 saturated carbocycles. The van der Waals surface area contributed by atoms with E-state index in [1.165, 1.54) is 5.56 Å². The fourth-order valence-electron chi connectivity index (χ4n) is 1.75. The van der Waals surface area contributed by atoms with Crippen LogP contribution >= 0.6 is 0 Å². The monoisotopic (exact) mass is 255 g/mol. The molecule has 3 heteroatoms. The van der Waals surface area contributed by atoms with Gasteiger partial charge in [-0.15, -0.1) is 0 Å². The van der Waals surface area contributed by atoms with E-state index in [0.717, 1.165) is 11.1 Å². The number of benzene rings is 2. The Morgan fingerprint density at radius 3 is 2.16 bits per heavy atom. The Bertz CT molecular complexity index is 544. The quantitative estimate of drug-likeness (QED) is 0.881. The van der Waals surface area contributed by atoms with Crippen molar-refractivity contribution in [2.24, 2.45) is 0 Å².